The van der Waals surface area contributed by atoms with Gasteiger partial charge in [-0.05, 0) is 47.9 Å². The Balaban J connectivity index is 1.80. The van der Waals surface area contributed by atoms with Crippen LogP contribution in [-0.4, -0.2) is 19.1 Å². The number of furan rings is 1. The topological polar surface area (TPSA) is 80.5 Å². The van der Waals surface area contributed by atoms with Crippen LogP contribution in [0.1, 0.15) is 16.9 Å². The van der Waals surface area contributed by atoms with Gasteiger partial charge in [0.2, 0.25) is 0 Å². The number of nitriles is 1. The fourth-order valence-electron chi connectivity index (χ4n) is 2.59. The van der Waals surface area contributed by atoms with Crippen molar-refractivity contribution in [3.63, 3.8) is 0 Å². The molecule has 0 fully saturated rings. The van der Waals surface area contributed by atoms with E-state index in [1.165, 1.54) is 23.3 Å². The SMILES string of the molecule is Cc1ccccc1-c1nnc(Sc2snc(Cl)c2C#N)n1Cc1ccco1. The lowest BCUT2D eigenvalue weighted by molar-refractivity contribution is 0.485. The largest absolute Gasteiger partial charge is 0.467 e. The molecule has 0 saturated heterocycles. The van der Waals surface area contributed by atoms with Gasteiger partial charge in [0, 0.05) is 5.56 Å². The van der Waals surface area contributed by atoms with Crippen molar-refractivity contribution in [3.05, 3.63) is 64.7 Å². The second-order valence-corrected chi connectivity index (χ2v) is 8.00. The summed E-state index contributed by atoms with van der Waals surface area (Å²) in [6, 6.07) is 13.8. The lowest BCUT2D eigenvalue weighted by atomic mass is 10.1. The molecule has 134 valence electrons. The van der Waals surface area contributed by atoms with Crippen LogP contribution in [-0.2, 0) is 6.54 Å². The molecule has 9 heteroatoms. The van der Waals surface area contributed by atoms with E-state index < -0.39 is 0 Å². The van der Waals surface area contributed by atoms with E-state index in [1.54, 1.807) is 6.26 Å². The first-order valence-electron chi connectivity index (χ1n) is 7.92. The third-order valence-electron chi connectivity index (χ3n) is 3.91. The minimum Gasteiger partial charge on any atom is -0.467 e. The molecule has 0 atom stereocenters. The van der Waals surface area contributed by atoms with Gasteiger partial charge in [-0.3, -0.25) is 4.57 Å². The number of rotatable bonds is 5. The van der Waals surface area contributed by atoms with Crippen LogP contribution in [0, 0.1) is 18.3 Å². The summed E-state index contributed by atoms with van der Waals surface area (Å²) in [4.78, 5) is 0. The van der Waals surface area contributed by atoms with Crippen LogP contribution in [0.5, 0.6) is 0 Å². The highest BCUT2D eigenvalue weighted by molar-refractivity contribution is 8.01. The van der Waals surface area contributed by atoms with Crippen LogP contribution in [0.25, 0.3) is 11.4 Å². The van der Waals surface area contributed by atoms with Gasteiger partial charge < -0.3 is 4.42 Å². The Morgan fingerprint density at radius 2 is 2.11 bits per heavy atom. The minimum absolute atomic E-state index is 0.209. The first-order valence-corrected chi connectivity index (χ1v) is 9.89. The Labute approximate surface area is 168 Å². The third kappa shape index (κ3) is 3.49. The summed E-state index contributed by atoms with van der Waals surface area (Å²) in [5.74, 6) is 1.52. The van der Waals surface area contributed by atoms with Crippen LogP contribution < -0.4 is 0 Å². The average Bonchev–Trinajstić information content (AvgIpc) is 3.39. The Morgan fingerprint density at radius 1 is 1.26 bits per heavy atom. The summed E-state index contributed by atoms with van der Waals surface area (Å²) in [7, 11) is 0. The first-order chi connectivity index (χ1) is 13.2. The summed E-state index contributed by atoms with van der Waals surface area (Å²) < 4.78 is 12.2. The lowest BCUT2D eigenvalue weighted by Crippen LogP contribution is -2.04. The Hall–Kier alpha value is -2.60. The quantitative estimate of drug-likeness (QED) is 0.456. The molecule has 4 rings (SSSR count). The zero-order chi connectivity index (χ0) is 18.8. The fourth-order valence-corrected chi connectivity index (χ4v) is 4.67. The van der Waals surface area contributed by atoms with Gasteiger partial charge in [0.25, 0.3) is 0 Å². The highest BCUT2D eigenvalue weighted by atomic mass is 35.5. The average molecular weight is 414 g/mol. The number of nitrogens with zero attached hydrogens (tertiary/aromatic N) is 5. The van der Waals surface area contributed by atoms with Gasteiger partial charge >= 0.3 is 0 Å². The Bertz CT molecular complexity index is 1130. The minimum atomic E-state index is 0.209. The van der Waals surface area contributed by atoms with Crippen molar-refractivity contribution in [2.24, 2.45) is 0 Å². The highest BCUT2D eigenvalue weighted by Crippen LogP contribution is 2.37. The van der Waals surface area contributed by atoms with E-state index in [1.807, 2.05) is 47.9 Å². The number of aromatic nitrogens is 4. The molecule has 0 saturated carbocycles. The molecule has 3 aromatic heterocycles. The van der Waals surface area contributed by atoms with Crippen molar-refractivity contribution in [1.29, 1.82) is 5.26 Å². The number of hydrogen-bond donors (Lipinski definition) is 0. The van der Waals surface area contributed by atoms with Gasteiger partial charge in [-0.15, -0.1) is 10.2 Å². The predicted octanol–water partition coefficient (Wildman–Crippen LogP) is 5.03. The molecule has 0 bridgehead atoms. The van der Waals surface area contributed by atoms with Crippen molar-refractivity contribution >= 4 is 34.9 Å². The maximum atomic E-state index is 9.32. The van der Waals surface area contributed by atoms with E-state index in [9.17, 15) is 5.26 Å². The molecule has 1 aromatic carbocycles. The molecule has 4 aromatic rings. The Kier molecular flexibility index (Phi) is 4.99. The molecule has 3 heterocycles. The second-order valence-electron chi connectivity index (χ2n) is 5.64. The maximum absolute atomic E-state index is 9.32. The monoisotopic (exact) mass is 413 g/mol. The second kappa shape index (κ2) is 7.56. The van der Waals surface area contributed by atoms with E-state index in [2.05, 4.69) is 20.6 Å². The summed E-state index contributed by atoms with van der Waals surface area (Å²) >= 11 is 8.49. The van der Waals surface area contributed by atoms with Crippen molar-refractivity contribution in [3.8, 4) is 17.5 Å². The summed E-state index contributed by atoms with van der Waals surface area (Å²) in [5.41, 5.74) is 2.45. The fraction of sp³-hybridized carbons (Fsp3) is 0.111. The molecule has 27 heavy (non-hydrogen) atoms. The number of benzene rings is 1. The van der Waals surface area contributed by atoms with Gasteiger partial charge in [-0.25, -0.2) is 0 Å². The molecule has 0 aliphatic heterocycles. The van der Waals surface area contributed by atoms with E-state index >= 15 is 0 Å². The zero-order valence-electron chi connectivity index (χ0n) is 14.1. The standard InChI is InChI=1S/C18H12ClN5OS2/c1-11-5-2-3-7-13(11)16-21-22-18(24(16)10-12-6-4-8-25-12)26-17-14(9-20)15(19)23-27-17/h2-8H,10H2,1H3. The maximum Gasteiger partial charge on any atom is 0.197 e. The van der Waals surface area contributed by atoms with Crippen molar-refractivity contribution < 1.29 is 4.42 Å². The van der Waals surface area contributed by atoms with Crippen LogP contribution in [0.15, 0.2) is 56.4 Å². The smallest absolute Gasteiger partial charge is 0.197 e. The van der Waals surface area contributed by atoms with E-state index in [0.29, 0.717) is 21.5 Å². The van der Waals surface area contributed by atoms with Gasteiger partial charge in [-0.1, -0.05) is 35.9 Å². The van der Waals surface area contributed by atoms with Crippen LogP contribution in [0.4, 0.5) is 0 Å². The van der Waals surface area contributed by atoms with E-state index in [-0.39, 0.29) is 5.15 Å². The zero-order valence-corrected chi connectivity index (χ0v) is 16.5. The van der Waals surface area contributed by atoms with E-state index in [0.717, 1.165) is 22.7 Å². The van der Waals surface area contributed by atoms with Crippen molar-refractivity contribution in [1.82, 2.24) is 19.1 Å². The Morgan fingerprint density at radius 3 is 2.85 bits per heavy atom. The van der Waals surface area contributed by atoms with Gasteiger partial charge in [0.05, 0.1) is 12.8 Å². The molecule has 6 nitrogen and oxygen atoms in total. The number of hydrogen-bond acceptors (Lipinski definition) is 7. The molecule has 0 aliphatic rings. The van der Waals surface area contributed by atoms with Crippen molar-refractivity contribution in [2.45, 2.75) is 22.8 Å². The van der Waals surface area contributed by atoms with E-state index in [4.69, 9.17) is 16.0 Å². The molecule has 0 amide bonds. The summed E-state index contributed by atoms with van der Waals surface area (Å²) in [6.45, 7) is 2.51. The summed E-state index contributed by atoms with van der Waals surface area (Å²) in [5, 5.41) is 18.9. The van der Waals surface area contributed by atoms with Gasteiger partial charge in [-0.2, -0.15) is 9.64 Å². The molecular formula is C18H12ClN5OS2. The lowest BCUT2D eigenvalue weighted by Gasteiger charge is -2.10. The molecular weight excluding hydrogens is 402 g/mol. The number of halogens is 1. The van der Waals surface area contributed by atoms with Gasteiger partial charge in [0.15, 0.2) is 16.1 Å². The van der Waals surface area contributed by atoms with Crippen LogP contribution in [0.2, 0.25) is 5.15 Å². The third-order valence-corrected chi connectivity index (χ3v) is 6.28. The summed E-state index contributed by atoms with van der Waals surface area (Å²) in [6.07, 6.45) is 1.64. The normalized spacial score (nSPS) is 10.9. The molecule has 0 radical (unpaired) electrons. The first kappa shape index (κ1) is 17.8. The van der Waals surface area contributed by atoms with Crippen LogP contribution in [0.3, 0.4) is 0 Å². The van der Waals surface area contributed by atoms with Crippen LogP contribution >= 0.6 is 34.9 Å². The van der Waals surface area contributed by atoms with Gasteiger partial charge in [0.1, 0.15) is 21.6 Å². The molecule has 0 unspecified atom stereocenters. The number of aryl methyl sites for hydroxylation is 1. The molecule has 0 aliphatic carbocycles. The highest BCUT2D eigenvalue weighted by Gasteiger charge is 2.21. The predicted molar refractivity (Wildman–Crippen MR) is 104 cm³/mol. The van der Waals surface area contributed by atoms with Crippen molar-refractivity contribution in [2.75, 3.05) is 0 Å². The molecule has 0 N–H and O–H groups in total. The molecule has 0 spiro atoms.